The van der Waals surface area contributed by atoms with Crippen molar-refractivity contribution in [3.05, 3.63) is 47.5 Å². The van der Waals surface area contributed by atoms with Crippen LogP contribution < -0.4 is 9.64 Å². The third-order valence-corrected chi connectivity index (χ3v) is 9.64. The molecule has 0 aliphatic carbocycles. The molecular formula is C26H37ClN4O4S2. The van der Waals surface area contributed by atoms with Crippen molar-refractivity contribution in [1.82, 2.24) is 14.2 Å². The largest absolute Gasteiger partial charge is 0.494 e. The molecule has 0 bridgehead atoms. The molecule has 0 spiro atoms. The molecule has 0 N–H and O–H groups in total. The predicted molar refractivity (Wildman–Crippen MR) is 154 cm³/mol. The van der Waals surface area contributed by atoms with E-state index in [1.54, 1.807) is 38.0 Å². The Hall–Kier alpha value is -2.24. The number of fused-ring (bicyclic) bond motifs is 1. The molecule has 11 heteroatoms. The van der Waals surface area contributed by atoms with Gasteiger partial charge in [0.15, 0.2) is 5.13 Å². The first-order chi connectivity index (χ1) is 17.2. The number of benzene rings is 2. The zero-order valence-corrected chi connectivity index (χ0v) is 24.8. The highest BCUT2D eigenvalue weighted by atomic mass is 35.5. The fraction of sp³-hybridized carbons (Fsp3) is 0.462. The van der Waals surface area contributed by atoms with Crippen LogP contribution >= 0.6 is 23.7 Å². The van der Waals surface area contributed by atoms with Crippen LogP contribution in [0, 0.1) is 6.92 Å². The summed E-state index contributed by atoms with van der Waals surface area (Å²) in [5.41, 5.74) is 2.21. The van der Waals surface area contributed by atoms with Gasteiger partial charge in [0.2, 0.25) is 10.0 Å². The van der Waals surface area contributed by atoms with Crippen LogP contribution in [-0.2, 0) is 10.0 Å². The van der Waals surface area contributed by atoms with Crippen LogP contribution in [-0.4, -0.2) is 74.9 Å². The summed E-state index contributed by atoms with van der Waals surface area (Å²) < 4.78 is 33.6. The molecule has 37 heavy (non-hydrogen) atoms. The molecule has 1 aromatic heterocycles. The standard InChI is InChI=1S/C26H36N4O4S2.ClH/c1-7-28(8-2)17-18-30(26-27-23-22(34-6)16-11-19(5)24(23)35-26)25(31)20-12-14-21(15-13-20)36(32,33)29(9-3)10-4;/h11-16H,7-10,17-18H2,1-6H3;1H. The second kappa shape index (κ2) is 13.5. The van der Waals surface area contributed by atoms with Crippen molar-refractivity contribution >= 4 is 55.0 Å². The monoisotopic (exact) mass is 568 g/mol. The number of ether oxygens (including phenoxy) is 1. The number of carbonyl (C=O) groups excluding carboxylic acids is 1. The summed E-state index contributed by atoms with van der Waals surface area (Å²) >= 11 is 1.46. The number of carbonyl (C=O) groups is 1. The average molecular weight is 569 g/mol. The van der Waals surface area contributed by atoms with Crippen LogP contribution in [0.3, 0.4) is 0 Å². The third-order valence-electron chi connectivity index (χ3n) is 6.37. The molecule has 1 heterocycles. The Morgan fingerprint density at radius 3 is 2.11 bits per heavy atom. The Morgan fingerprint density at radius 2 is 1.57 bits per heavy atom. The number of hydrogen-bond donors (Lipinski definition) is 0. The first-order valence-electron chi connectivity index (χ1n) is 12.3. The summed E-state index contributed by atoms with van der Waals surface area (Å²) in [7, 11) is -1.99. The lowest BCUT2D eigenvalue weighted by molar-refractivity contribution is 0.0983. The van der Waals surface area contributed by atoms with E-state index in [-0.39, 0.29) is 23.2 Å². The number of likely N-dealkylation sites (N-methyl/N-ethyl adjacent to an activating group) is 1. The molecule has 0 unspecified atom stereocenters. The van der Waals surface area contributed by atoms with Gasteiger partial charge in [-0.25, -0.2) is 13.4 Å². The van der Waals surface area contributed by atoms with E-state index >= 15 is 0 Å². The molecule has 0 aliphatic heterocycles. The van der Waals surface area contributed by atoms with Crippen LogP contribution in [0.5, 0.6) is 5.75 Å². The summed E-state index contributed by atoms with van der Waals surface area (Å²) in [6.45, 7) is 13.5. The normalized spacial score (nSPS) is 11.7. The lowest BCUT2D eigenvalue weighted by Crippen LogP contribution is -2.39. The van der Waals surface area contributed by atoms with E-state index in [4.69, 9.17) is 9.72 Å². The van der Waals surface area contributed by atoms with Crippen molar-refractivity contribution in [1.29, 1.82) is 0 Å². The van der Waals surface area contributed by atoms with Crippen LogP contribution in [0.1, 0.15) is 43.6 Å². The maximum atomic E-state index is 13.7. The second-order valence-corrected chi connectivity index (χ2v) is 11.3. The number of aromatic nitrogens is 1. The molecule has 1 amide bonds. The van der Waals surface area contributed by atoms with Gasteiger partial charge in [-0.1, -0.05) is 45.1 Å². The molecular weight excluding hydrogens is 532 g/mol. The third kappa shape index (κ3) is 6.61. The highest BCUT2D eigenvalue weighted by Gasteiger charge is 2.25. The number of aryl methyl sites for hydroxylation is 1. The number of hydrogen-bond acceptors (Lipinski definition) is 7. The van der Waals surface area contributed by atoms with Gasteiger partial charge in [-0.2, -0.15) is 4.31 Å². The molecule has 3 aromatic rings. The Morgan fingerprint density at radius 1 is 0.946 bits per heavy atom. The molecule has 0 aliphatic rings. The van der Waals surface area contributed by atoms with Gasteiger partial charge in [-0.15, -0.1) is 12.4 Å². The minimum absolute atomic E-state index is 0. The smallest absolute Gasteiger partial charge is 0.260 e. The predicted octanol–water partition coefficient (Wildman–Crippen LogP) is 5.05. The maximum absolute atomic E-state index is 13.7. The lowest BCUT2D eigenvalue weighted by Gasteiger charge is -2.25. The Balaban J connectivity index is 0.00000481. The molecule has 3 rings (SSSR count). The van der Waals surface area contributed by atoms with E-state index < -0.39 is 10.0 Å². The molecule has 0 radical (unpaired) electrons. The summed E-state index contributed by atoms with van der Waals surface area (Å²) in [5.74, 6) is 0.449. The minimum Gasteiger partial charge on any atom is -0.494 e. The molecule has 0 atom stereocenters. The summed E-state index contributed by atoms with van der Waals surface area (Å²) in [6, 6.07) is 10.1. The molecule has 2 aromatic carbocycles. The van der Waals surface area contributed by atoms with E-state index in [1.165, 1.54) is 27.8 Å². The first kappa shape index (κ1) is 31.0. The number of anilines is 1. The molecule has 8 nitrogen and oxygen atoms in total. The number of halogens is 1. The Labute approximate surface area is 230 Å². The van der Waals surface area contributed by atoms with E-state index in [0.29, 0.717) is 42.6 Å². The van der Waals surface area contributed by atoms with Gasteiger partial charge in [0.1, 0.15) is 11.3 Å². The zero-order valence-electron chi connectivity index (χ0n) is 22.4. The van der Waals surface area contributed by atoms with Crippen molar-refractivity contribution in [2.75, 3.05) is 51.3 Å². The minimum atomic E-state index is -3.60. The molecule has 0 saturated carbocycles. The summed E-state index contributed by atoms with van der Waals surface area (Å²) in [4.78, 5) is 22.7. The van der Waals surface area contributed by atoms with Gasteiger partial charge in [0.25, 0.3) is 5.91 Å². The van der Waals surface area contributed by atoms with Crippen molar-refractivity contribution in [3.8, 4) is 5.75 Å². The van der Waals surface area contributed by atoms with Crippen LogP contribution in [0.15, 0.2) is 41.3 Å². The van der Waals surface area contributed by atoms with Gasteiger partial charge in [0, 0.05) is 31.7 Å². The number of amides is 1. The van der Waals surface area contributed by atoms with E-state index in [0.717, 1.165) is 28.9 Å². The van der Waals surface area contributed by atoms with E-state index in [2.05, 4.69) is 18.7 Å². The highest BCUT2D eigenvalue weighted by molar-refractivity contribution is 7.89. The van der Waals surface area contributed by atoms with E-state index in [1.807, 2.05) is 19.1 Å². The maximum Gasteiger partial charge on any atom is 0.260 e. The SMILES string of the molecule is CCN(CC)CCN(C(=O)c1ccc(S(=O)(=O)N(CC)CC)cc1)c1nc2c(OC)ccc(C)c2s1.Cl. The quantitative estimate of drug-likeness (QED) is 0.304. The summed E-state index contributed by atoms with van der Waals surface area (Å²) in [6.07, 6.45) is 0. The fourth-order valence-electron chi connectivity index (χ4n) is 4.08. The van der Waals surface area contributed by atoms with Gasteiger partial charge >= 0.3 is 0 Å². The van der Waals surface area contributed by atoms with Gasteiger partial charge in [0.05, 0.1) is 16.7 Å². The van der Waals surface area contributed by atoms with Crippen molar-refractivity contribution in [2.24, 2.45) is 0 Å². The summed E-state index contributed by atoms with van der Waals surface area (Å²) in [5, 5.41) is 0.592. The first-order valence-corrected chi connectivity index (χ1v) is 14.6. The number of rotatable bonds is 12. The van der Waals surface area contributed by atoms with Gasteiger partial charge in [-0.05, 0) is 55.9 Å². The highest BCUT2D eigenvalue weighted by Crippen LogP contribution is 2.37. The topological polar surface area (TPSA) is 83.1 Å². The lowest BCUT2D eigenvalue weighted by atomic mass is 10.2. The van der Waals surface area contributed by atoms with Gasteiger partial charge < -0.3 is 9.64 Å². The van der Waals surface area contributed by atoms with Crippen molar-refractivity contribution in [2.45, 2.75) is 39.5 Å². The Bertz CT molecular complexity index is 1290. The Kier molecular flexibility index (Phi) is 11.3. The average Bonchev–Trinajstić information content (AvgIpc) is 3.33. The van der Waals surface area contributed by atoms with E-state index in [9.17, 15) is 13.2 Å². The van der Waals surface area contributed by atoms with Gasteiger partial charge in [-0.3, -0.25) is 9.69 Å². The number of thiazole rings is 1. The number of sulfonamides is 1. The van der Waals surface area contributed by atoms with Crippen molar-refractivity contribution < 1.29 is 17.9 Å². The molecule has 0 saturated heterocycles. The second-order valence-electron chi connectivity index (χ2n) is 8.36. The number of methoxy groups -OCH3 is 1. The molecule has 0 fully saturated rings. The number of nitrogens with zero attached hydrogens (tertiary/aromatic N) is 4. The van der Waals surface area contributed by atoms with Crippen LogP contribution in [0.2, 0.25) is 0 Å². The van der Waals surface area contributed by atoms with Crippen LogP contribution in [0.25, 0.3) is 10.2 Å². The van der Waals surface area contributed by atoms with Crippen LogP contribution in [0.4, 0.5) is 5.13 Å². The van der Waals surface area contributed by atoms with Crippen molar-refractivity contribution in [3.63, 3.8) is 0 Å². The molecule has 204 valence electrons. The fourth-order valence-corrected chi connectivity index (χ4v) is 6.62. The zero-order chi connectivity index (χ0) is 26.5.